The second kappa shape index (κ2) is 7.36. The fourth-order valence-corrected chi connectivity index (χ4v) is 2.61. The van der Waals surface area contributed by atoms with Crippen LogP contribution in [-0.4, -0.2) is 23.3 Å². The second-order valence-electron chi connectivity index (χ2n) is 4.84. The molecular weight excluding hydrogens is 270 g/mol. The molecule has 1 heterocycles. The van der Waals surface area contributed by atoms with Crippen molar-refractivity contribution in [3.05, 3.63) is 40.9 Å². The molecule has 2 aromatic rings. The van der Waals surface area contributed by atoms with Crippen molar-refractivity contribution >= 4 is 16.5 Å². The van der Waals surface area contributed by atoms with E-state index in [-0.39, 0.29) is 6.10 Å². The first-order valence-electron chi connectivity index (χ1n) is 6.94. The first kappa shape index (κ1) is 14.9. The van der Waals surface area contributed by atoms with Crippen LogP contribution in [0.4, 0.5) is 5.13 Å². The summed E-state index contributed by atoms with van der Waals surface area (Å²) in [5.41, 5.74) is 1.18. The number of hydrogen-bond donors (Lipinski definition) is 1. The number of aromatic nitrogens is 2. The summed E-state index contributed by atoms with van der Waals surface area (Å²) in [5.74, 6) is 0.417. The molecule has 2 rings (SSSR count). The average molecular weight is 291 g/mol. The van der Waals surface area contributed by atoms with E-state index in [0.29, 0.717) is 19.1 Å². The van der Waals surface area contributed by atoms with Crippen LogP contribution in [0, 0.1) is 0 Å². The van der Waals surface area contributed by atoms with Gasteiger partial charge in [0, 0.05) is 19.1 Å². The minimum Gasteiger partial charge on any atom is -0.372 e. The fraction of sp³-hybridized carbons (Fsp3) is 0.467. The van der Waals surface area contributed by atoms with Gasteiger partial charge in [0.15, 0.2) is 0 Å². The SMILES string of the molecule is CCOC(CNc1nnc(C(C)C)s1)c1ccccc1. The summed E-state index contributed by atoms with van der Waals surface area (Å²) >= 11 is 1.61. The van der Waals surface area contributed by atoms with Crippen LogP contribution in [-0.2, 0) is 4.74 Å². The Morgan fingerprint density at radius 2 is 1.95 bits per heavy atom. The predicted octanol–water partition coefficient (Wildman–Crippen LogP) is 3.85. The number of nitrogens with zero attached hydrogens (tertiary/aromatic N) is 2. The van der Waals surface area contributed by atoms with Crippen molar-refractivity contribution in [1.82, 2.24) is 10.2 Å². The van der Waals surface area contributed by atoms with Crippen LogP contribution in [0.1, 0.15) is 43.4 Å². The van der Waals surface area contributed by atoms with Crippen molar-refractivity contribution in [2.75, 3.05) is 18.5 Å². The molecule has 0 radical (unpaired) electrons. The summed E-state index contributed by atoms with van der Waals surface area (Å²) in [4.78, 5) is 0. The lowest BCUT2D eigenvalue weighted by Crippen LogP contribution is -2.15. The Balaban J connectivity index is 1.98. The van der Waals surface area contributed by atoms with E-state index in [1.54, 1.807) is 11.3 Å². The molecule has 1 aromatic heterocycles. The predicted molar refractivity (Wildman–Crippen MR) is 83.3 cm³/mol. The Hall–Kier alpha value is -1.46. The van der Waals surface area contributed by atoms with Gasteiger partial charge in [0.2, 0.25) is 5.13 Å². The van der Waals surface area contributed by atoms with E-state index in [0.717, 1.165) is 10.1 Å². The Morgan fingerprint density at radius 3 is 2.55 bits per heavy atom. The molecule has 4 nitrogen and oxygen atoms in total. The van der Waals surface area contributed by atoms with E-state index < -0.39 is 0 Å². The van der Waals surface area contributed by atoms with Gasteiger partial charge in [0.1, 0.15) is 5.01 Å². The minimum atomic E-state index is 0.0348. The van der Waals surface area contributed by atoms with E-state index in [2.05, 4.69) is 41.5 Å². The van der Waals surface area contributed by atoms with Crippen molar-refractivity contribution < 1.29 is 4.74 Å². The fourth-order valence-electron chi connectivity index (χ4n) is 1.86. The molecule has 1 aromatic carbocycles. The largest absolute Gasteiger partial charge is 0.372 e. The average Bonchev–Trinajstić information content (AvgIpc) is 2.93. The van der Waals surface area contributed by atoms with Gasteiger partial charge in [-0.1, -0.05) is 55.5 Å². The normalized spacial score (nSPS) is 12.6. The van der Waals surface area contributed by atoms with Crippen molar-refractivity contribution in [3.8, 4) is 0 Å². The second-order valence-corrected chi connectivity index (χ2v) is 5.84. The molecule has 0 aliphatic carbocycles. The third kappa shape index (κ3) is 4.02. The lowest BCUT2D eigenvalue weighted by Gasteiger charge is -2.17. The number of benzene rings is 1. The molecule has 1 atom stereocenters. The monoisotopic (exact) mass is 291 g/mol. The zero-order valence-electron chi connectivity index (χ0n) is 12.2. The van der Waals surface area contributed by atoms with Crippen molar-refractivity contribution in [2.45, 2.75) is 32.8 Å². The zero-order chi connectivity index (χ0) is 14.4. The van der Waals surface area contributed by atoms with Crippen LogP contribution < -0.4 is 5.32 Å². The molecule has 0 fully saturated rings. The van der Waals surface area contributed by atoms with Crippen LogP contribution in [0.5, 0.6) is 0 Å². The summed E-state index contributed by atoms with van der Waals surface area (Å²) in [6.07, 6.45) is 0.0348. The Labute approximate surface area is 124 Å². The van der Waals surface area contributed by atoms with Crippen LogP contribution in [0.15, 0.2) is 30.3 Å². The van der Waals surface area contributed by atoms with Gasteiger partial charge in [-0.15, -0.1) is 10.2 Å². The summed E-state index contributed by atoms with van der Waals surface area (Å²) in [7, 11) is 0. The highest BCUT2D eigenvalue weighted by atomic mass is 32.1. The van der Waals surface area contributed by atoms with E-state index in [1.165, 1.54) is 5.56 Å². The molecule has 0 bridgehead atoms. The van der Waals surface area contributed by atoms with Crippen molar-refractivity contribution in [1.29, 1.82) is 0 Å². The standard InChI is InChI=1S/C15H21N3OS/c1-4-19-13(12-8-6-5-7-9-12)10-16-15-18-17-14(20-15)11(2)3/h5-9,11,13H,4,10H2,1-3H3,(H,16,18). The molecule has 0 spiro atoms. The summed E-state index contributed by atoms with van der Waals surface area (Å²) in [6, 6.07) is 10.2. The van der Waals surface area contributed by atoms with Crippen molar-refractivity contribution in [2.24, 2.45) is 0 Å². The van der Waals surface area contributed by atoms with E-state index in [9.17, 15) is 0 Å². The molecule has 108 valence electrons. The third-order valence-corrected chi connectivity index (χ3v) is 4.09. The highest BCUT2D eigenvalue weighted by molar-refractivity contribution is 7.15. The number of hydrogen-bond acceptors (Lipinski definition) is 5. The van der Waals surface area contributed by atoms with E-state index in [1.807, 2.05) is 25.1 Å². The topological polar surface area (TPSA) is 47.0 Å². The van der Waals surface area contributed by atoms with Gasteiger partial charge in [-0.25, -0.2) is 0 Å². The smallest absolute Gasteiger partial charge is 0.205 e. The highest BCUT2D eigenvalue weighted by Gasteiger charge is 2.13. The maximum absolute atomic E-state index is 5.80. The Morgan fingerprint density at radius 1 is 1.20 bits per heavy atom. The Kier molecular flexibility index (Phi) is 5.49. The van der Waals surface area contributed by atoms with Crippen LogP contribution in [0.3, 0.4) is 0 Å². The number of ether oxygens (including phenoxy) is 1. The number of anilines is 1. The summed E-state index contributed by atoms with van der Waals surface area (Å²) in [6.45, 7) is 7.64. The van der Waals surface area contributed by atoms with Gasteiger partial charge in [0.25, 0.3) is 0 Å². The number of nitrogens with one attached hydrogen (secondary N) is 1. The van der Waals surface area contributed by atoms with Crippen LogP contribution in [0.2, 0.25) is 0 Å². The lowest BCUT2D eigenvalue weighted by molar-refractivity contribution is 0.0719. The molecule has 5 heteroatoms. The first-order valence-corrected chi connectivity index (χ1v) is 7.76. The van der Waals surface area contributed by atoms with Gasteiger partial charge >= 0.3 is 0 Å². The molecule has 0 saturated carbocycles. The quantitative estimate of drug-likeness (QED) is 0.841. The summed E-state index contributed by atoms with van der Waals surface area (Å²) < 4.78 is 5.80. The summed E-state index contributed by atoms with van der Waals surface area (Å²) in [5, 5.41) is 13.6. The highest BCUT2D eigenvalue weighted by Crippen LogP contribution is 2.24. The van der Waals surface area contributed by atoms with Crippen molar-refractivity contribution in [3.63, 3.8) is 0 Å². The molecule has 0 saturated heterocycles. The van der Waals surface area contributed by atoms with Gasteiger partial charge in [-0.05, 0) is 12.5 Å². The molecule has 20 heavy (non-hydrogen) atoms. The van der Waals surface area contributed by atoms with Gasteiger partial charge < -0.3 is 10.1 Å². The first-order chi connectivity index (χ1) is 9.70. The third-order valence-electron chi connectivity index (χ3n) is 2.91. The maximum atomic E-state index is 5.80. The molecular formula is C15H21N3OS. The van der Waals surface area contributed by atoms with Gasteiger partial charge in [-0.2, -0.15) is 0 Å². The maximum Gasteiger partial charge on any atom is 0.205 e. The molecule has 0 aliphatic heterocycles. The molecule has 0 amide bonds. The molecule has 1 unspecified atom stereocenters. The van der Waals surface area contributed by atoms with E-state index in [4.69, 9.17) is 4.74 Å². The number of rotatable bonds is 7. The van der Waals surface area contributed by atoms with E-state index >= 15 is 0 Å². The zero-order valence-corrected chi connectivity index (χ0v) is 13.0. The van der Waals surface area contributed by atoms with Crippen LogP contribution >= 0.6 is 11.3 Å². The van der Waals surface area contributed by atoms with Gasteiger partial charge in [0.05, 0.1) is 6.10 Å². The Bertz CT molecular complexity index is 513. The lowest BCUT2D eigenvalue weighted by atomic mass is 10.1. The van der Waals surface area contributed by atoms with Crippen LogP contribution in [0.25, 0.3) is 0 Å². The minimum absolute atomic E-state index is 0.0348. The molecule has 0 aliphatic rings. The molecule has 1 N–H and O–H groups in total. The van der Waals surface area contributed by atoms with Gasteiger partial charge in [-0.3, -0.25) is 0 Å².